The predicted molar refractivity (Wildman–Crippen MR) is 132 cm³/mol. The SMILES string of the molecule is CC[C@@H](C(C)C)[C@H](O)[C@@H](O)[C@@H](C)[C@H]1CC[C@H]2[C@@H]3CC(=O)[C@@]4(F)C[C@@H](O)CC[C@]4(C)[C@H]3CC[C@]12C. The Labute approximate surface area is 206 Å². The average molecular weight is 481 g/mol. The van der Waals surface area contributed by atoms with Crippen LogP contribution >= 0.6 is 0 Å². The van der Waals surface area contributed by atoms with Gasteiger partial charge in [-0.2, -0.15) is 0 Å². The molecule has 12 atom stereocenters. The Kier molecular flexibility index (Phi) is 7.10. The van der Waals surface area contributed by atoms with E-state index in [0.29, 0.717) is 37.0 Å². The minimum absolute atomic E-state index is 0.00194. The van der Waals surface area contributed by atoms with Crippen molar-refractivity contribution in [2.24, 2.45) is 52.3 Å². The molecule has 0 aromatic rings. The summed E-state index contributed by atoms with van der Waals surface area (Å²) in [5.74, 6) is 1.10. The molecule has 0 aliphatic heterocycles. The molecule has 4 aliphatic rings. The highest BCUT2D eigenvalue weighted by atomic mass is 19.1. The molecule has 5 heteroatoms. The van der Waals surface area contributed by atoms with Crippen molar-refractivity contribution in [2.45, 2.75) is 123 Å². The van der Waals surface area contributed by atoms with Crippen molar-refractivity contribution in [2.75, 3.05) is 0 Å². The van der Waals surface area contributed by atoms with Crippen LogP contribution < -0.4 is 0 Å². The van der Waals surface area contributed by atoms with Gasteiger partial charge in [-0.3, -0.25) is 4.79 Å². The number of hydrogen-bond acceptors (Lipinski definition) is 4. The molecule has 4 aliphatic carbocycles. The van der Waals surface area contributed by atoms with Gasteiger partial charge < -0.3 is 15.3 Å². The van der Waals surface area contributed by atoms with E-state index in [0.717, 1.165) is 32.1 Å². The highest BCUT2D eigenvalue weighted by molar-refractivity contribution is 5.89. The van der Waals surface area contributed by atoms with Gasteiger partial charge in [0.05, 0.1) is 18.3 Å². The second kappa shape index (κ2) is 9.10. The van der Waals surface area contributed by atoms with E-state index in [9.17, 15) is 20.1 Å². The van der Waals surface area contributed by atoms with E-state index in [4.69, 9.17) is 0 Å². The molecule has 0 radical (unpaired) electrons. The van der Waals surface area contributed by atoms with E-state index < -0.39 is 29.4 Å². The molecule has 0 spiro atoms. The lowest BCUT2D eigenvalue weighted by atomic mass is 9.43. The number of alkyl halides is 1. The number of hydrogen-bond donors (Lipinski definition) is 3. The summed E-state index contributed by atoms with van der Waals surface area (Å²) in [5, 5.41) is 32.5. The number of fused-ring (bicyclic) bond motifs is 5. The van der Waals surface area contributed by atoms with Crippen LogP contribution in [0.3, 0.4) is 0 Å². The van der Waals surface area contributed by atoms with Gasteiger partial charge in [0, 0.05) is 18.3 Å². The summed E-state index contributed by atoms with van der Waals surface area (Å²) < 4.78 is 16.3. The molecule has 0 aromatic carbocycles. The summed E-state index contributed by atoms with van der Waals surface area (Å²) in [4.78, 5) is 13.3. The number of halogens is 1. The van der Waals surface area contributed by atoms with Crippen LogP contribution in [0.2, 0.25) is 0 Å². The molecule has 0 amide bonds. The summed E-state index contributed by atoms with van der Waals surface area (Å²) >= 11 is 0. The first kappa shape index (κ1) is 26.5. The molecule has 0 heterocycles. The van der Waals surface area contributed by atoms with Crippen molar-refractivity contribution in [1.82, 2.24) is 0 Å². The minimum atomic E-state index is -1.89. The normalized spacial score (nSPS) is 48.0. The van der Waals surface area contributed by atoms with Crippen LogP contribution in [0.25, 0.3) is 0 Å². The van der Waals surface area contributed by atoms with Crippen LogP contribution in [-0.2, 0) is 4.79 Å². The Balaban J connectivity index is 1.57. The molecule has 196 valence electrons. The Bertz CT molecular complexity index is 771. The van der Waals surface area contributed by atoms with Gasteiger partial charge in [0.15, 0.2) is 11.5 Å². The van der Waals surface area contributed by atoms with Gasteiger partial charge in [0.1, 0.15) is 0 Å². The van der Waals surface area contributed by atoms with Crippen molar-refractivity contribution in [3.8, 4) is 0 Å². The quantitative estimate of drug-likeness (QED) is 0.481. The topological polar surface area (TPSA) is 77.8 Å². The smallest absolute Gasteiger partial charge is 0.176 e. The highest BCUT2D eigenvalue weighted by Crippen LogP contribution is 2.69. The van der Waals surface area contributed by atoms with E-state index in [1.165, 1.54) is 0 Å². The average Bonchev–Trinajstić information content (AvgIpc) is 3.12. The van der Waals surface area contributed by atoms with Crippen LogP contribution in [0.5, 0.6) is 0 Å². The molecule has 4 fully saturated rings. The van der Waals surface area contributed by atoms with Gasteiger partial charge in [0.2, 0.25) is 0 Å². The standard InChI is InChI=1S/C29H49FO4/c1-7-19(16(2)3)26(34)25(33)17(4)21-8-9-22-20-14-24(32)29(30)15-18(31)10-13-28(29,6)23(20)11-12-27(21,22)5/h16-23,25-26,31,33-34H,7-15H2,1-6H3/t17-,18-,19-,20-,21+,22-,23-,25-,26-,27+,28+,29-/m0/s1. The molecule has 0 aromatic heterocycles. The van der Waals surface area contributed by atoms with E-state index >= 15 is 4.39 Å². The number of rotatable bonds is 6. The largest absolute Gasteiger partial charge is 0.393 e. The summed E-state index contributed by atoms with van der Waals surface area (Å²) in [6.07, 6.45) is 3.98. The summed E-state index contributed by atoms with van der Waals surface area (Å²) in [6, 6.07) is 0. The third-order valence-corrected chi connectivity index (χ3v) is 11.9. The minimum Gasteiger partial charge on any atom is -0.393 e. The van der Waals surface area contributed by atoms with Crippen molar-refractivity contribution in [3.63, 3.8) is 0 Å². The van der Waals surface area contributed by atoms with Gasteiger partial charge in [0.25, 0.3) is 0 Å². The van der Waals surface area contributed by atoms with E-state index in [2.05, 4.69) is 34.6 Å². The zero-order valence-electron chi connectivity index (χ0n) is 22.3. The third-order valence-electron chi connectivity index (χ3n) is 11.9. The number of aliphatic hydroxyl groups is 3. The first-order chi connectivity index (χ1) is 15.8. The molecule has 4 nitrogen and oxygen atoms in total. The van der Waals surface area contributed by atoms with Crippen LogP contribution in [-0.4, -0.2) is 45.1 Å². The van der Waals surface area contributed by atoms with Crippen molar-refractivity contribution in [3.05, 3.63) is 0 Å². The lowest BCUT2D eigenvalue weighted by Gasteiger charge is -2.62. The van der Waals surface area contributed by atoms with Gasteiger partial charge in [-0.25, -0.2) is 4.39 Å². The van der Waals surface area contributed by atoms with Crippen LogP contribution in [0.1, 0.15) is 99.3 Å². The van der Waals surface area contributed by atoms with Gasteiger partial charge in [-0.05, 0) is 85.4 Å². The fourth-order valence-electron chi connectivity index (χ4n) is 9.79. The fourth-order valence-corrected chi connectivity index (χ4v) is 9.79. The molecule has 0 saturated heterocycles. The Morgan fingerprint density at radius 3 is 2.29 bits per heavy atom. The lowest BCUT2D eigenvalue weighted by molar-refractivity contribution is -0.192. The first-order valence-corrected chi connectivity index (χ1v) is 14.1. The van der Waals surface area contributed by atoms with Crippen molar-refractivity contribution < 1.29 is 24.5 Å². The molecular weight excluding hydrogens is 431 g/mol. The molecule has 4 saturated carbocycles. The maximum absolute atomic E-state index is 16.3. The summed E-state index contributed by atoms with van der Waals surface area (Å²) in [7, 11) is 0. The zero-order chi connectivity index (χ0) is 25.2. The first-order valence-electron chi connectivity index (χ1n) is 14.1. The maximum atomic E-state index is 16.3. The lowest BCUT2D eigenvalue weighted by Crippen LogP contribution is -2.65. The van der Waals surface area contributed by atoms with Crippen molar-refractivity contribution in [1.29, 1.82) is 0 Å². The second-order valence-electron chi connectivity index (χ2n) is 13.5. The molecule has 34 heavy (non-hydrogen) atoms. The van der Waals surface area contributed by atoms with Crippen LogP contribution in [0, 0.1) is 52.3 Å². The fraction of sp³-hybridized carbons (Fsp3) is 0.966. The van der Waals surface area contributed by atoms with Gasteiger partial charge >= 0.3 is 0 Å². The van der Waals surface area contributed by atoms with Crippen molar-refractivity contribution >= 4 is 5.78 Å². The molecular formula is C29H49FO4. The number of aliphatic hydroxyl groups excluding tert-OH is 3. The number of carbonyl (C=O) groups is 1. The molecule has 3 N–H and O–H groups in total. The Morgan fingerprint density at radius 2 is 1.68 bits per heavy atom. The molecule has 4 rings (SSSR count). The van der Waals surface area contributed by atoms with Crippen LogP contribution in [0.15, 0.2) is 0 Å². The number of ketones is 1. The van der Waals surface area contributed by atoms with E-state index in [-0.39, 0.29) is 41.3 Å². The second-order valence-corrected chi connectivity index (χ2v) is 13.5. The third kappa shape index (κ3) is 3.74. The number of carbonyl (C=O) groups excluding carboxylic acids is 1. The molecule has 0 bridgehead atoms. The Hall–Kier alpha value is -0.520. The highest BCUT2D eigenvalue weighted by Gasteiger charge is 2.69. The Morgan fingerprint density at radius 1 is 1.00 bits per heavy atom. The summed E-state index contributed by atoms with van der Waals surface area (Å²) in [5.41, 5.74) is -2.57. The maximum Gasteiger partial charge on any atom is 0.176 e. The van der Waals surface area contributed by atoms with Gasteiger partial charge in [-0.15, -0.1) is 0 Å². The van der Waals surface area contributed by atoms with E-state index in [1.54, 1.807) is 0 Å². The molecule has 0 unspecified atom stereocenters. The zero-order valence-corrected chi connectivity index (χ0v) is 22.3. The summed E-state index contributed by atoms with van der Waals surface area (Å²) in [6.45, 7) is 12.7. The van der Waals surface area contributed by atoms with Crippen LogP contribution in [0.4, 0.5) is 4.39 Å². The van der Waals surface area contributed by atoms with E-state index in [1.807, 2.05) is 6.92 Å². The van der Waals surface area contributed by atoms with Gasteiger partial charge in [-0.1, -0.05) is 48.0 Å². The predicted octanol–water partition coefficient (Wildman–Crippen LogP) is 5.32. The monoisotopic (exact) mass is 480 g/mol. The number of Topliss-reactive ketones (excluding diaryl/α,β-unsaturated/α-hetero) is 1.